The van der Waals surface area contributed by atoms with Crippen LogP contribution in [0, 0.1) is 0 Å². The molecule has 4 N–H and O–H groups in total. The number of nitrogens with zero attached hydrogens (tertiary/aromatic N) is 1. The molecule has 6 heteroatoms. The number of methoxy groups -OCH3 is 1. The Morgan fingerprint density at radius 2 is 2.20 bits per heavy atom. The van der Waals surface area contributed by atoms with Crippen LogP contribution in [0.3, 0.4) is 0 Å². The Hall–Kier alpha value is -1.79. The summed E-state index contributed by atoms with van der Waals surface area (Å²) in [7, 11) is 1.63. The zero-order valence-corrected chi connectivity index (χ0v) is 11.7. The van der Waals surface area contributed by atoms with E-state index in [-0.39, 0.29) is 12.5 Å². The number of hydrogen-bond acceptors (Lipinski definition) is 5. The Morgan fingerprint density at radius 1 is 1.40 bits per heavy atom. The Balaban J connectivity index is 2.29. The molecule has 0 saturated carbocycles. The maximum absolute atomic E-state index is 11.5. The number of aryl methyl sites for hydroxylation is 1. The van der Waals surface area contributed by atoms with Gasteiger partial charge in [-0.3, -0.25) is 4.79 Å². The molecule has 1 aliphatic rings. The number of nitrogens with two attached hydrogens (primary N) is 1. The standard InChI is InChI=1S/C14H21N3O3/c1-20-7-5-17(4-6-18)13-9-12-10(8-11(13)15)2-3-14(19)16-12/h8-9,18H,2-7,15H2,1H3,(H,16,19). The SMILES string of the molecule is COCCN(CCO)c1cc2c(cc1N)CCC(=O)N2. The van der Waals surface area contributed by atoms with Crippen molar-refractivity contribution >= 4 is 23.0 Å². The van der Waals surface area contributed by atoms with Gasteiger partial charge in [-0.25, -0.2) is 0 Å². The van der Waals surface area contributed by atoms with Crippen LogP contribution in [0.15, 0.2) is 12.1 Å². The maximum atomic E-state index is 11.5. The van der Waals surface area contributed by atoms with Crippen molar-refractivity contribution in [3.63, 3.8) is 0 Å². The third-order valence-corrected chi connectivity index (χ3v) is 3.42. The first kappa shape index (κ1) is 14.6. The smallest absolute Gasteiger partial charge is 0.224 e. The van der Waals surface area contributed by atoms with E-state index in [1.54, 1.807) is 7.11 Å². The van der Waals surface area contributed by atoms with Crippen molar-refractivity contribution < 1.29 is 14.6 Å². The molecule has 1 aromatic rings. The van der Waals surface area contributed by atoms with E-state index in [0.29, 0.717) is 38.2 Å². The lowest BCUT2D eigenvalue weighted by Crippen LogP contribution is -2.31. The number of fused-ring (bicyclic) bond motifs is 1. The van der Waals surface area contributed by atoms with Gasteiger partial charge in [0.15, 0.2) is 0 Å². The van der Waals surface area contributed by atoms with E-state index in [9.17, 15) is 9.90 Å². The van der Waals surface area contributed by atoms with Crippen LogP contribution in [-0.4, -0.2) is 44.4 Å². The molecule has 0 spiro atoms. The molecule has 0 unspecified atom stereocenters. The normalized spacial score (nSPS) is 13.8. The Labute approximate surface area is 118 Å². The molecule has 110 valence electrons. The van der Waals surface area contributed by atoms with E-state index in [1.165, 1.54) is 0 Å². The number of amides is 1. The predicted octanol–water partition coefficient (Wildman–Crippen LogP) is 0.599. The highest BCUT2D eigenvalue weighted by molar-refractivity contribution is 5.95. The molecule has 6 nitrogen and oxygen atoms in total. The first-order chi connectivity index (χ1) is 9.65. The van der Waals surface area contributed by atoms with E-state index >= 15 is 0 Å². The lowest BCUT2D eigenvalue weighted by Gasteiger charge is -2.27. The lowest BCUT2D eigenvalue weighted by molar-refractivity contribution is -0.116. The van der Waals surface area contributed by atoms with Gasteiger partial charge in [0.1, 0.15) is 0 Å². The van der Waals surface area contributed by atoms with Crippen LogP contribution in [0.4, 0.5) is 17.1 Å². The van der Waals surface area contributed by atoms with E-state index in [1.807, 2.05) is 17.0 Å². The van der Waals surface area contributed by atoms with E-state index in [4.69, 9.17) is 10.5 Å². The Kier molecular flexibility index (Phi) is 4.81. The fraction of sp³-hybridized carbons (Fsp3) is 0.500. The molecule has 0 atom stereocenters. The Bertz CT molecular complexity index is 491. The minimum atomic E-state index is 0.0267. The van der Waals surface area contributed by atoms with Crippen LogP contribution >= 0.6 is 0 Å². The second kappa shape index (κ2) is 6.58. The fourth-order valence-corrected chi connectivity index (χ4v) is 2.39. The Morgan fingerprint density at radius 3 is 2.90 bits per heavy atom. The van der Waals surface area contributed by atoms with Gasteiger partial charge >= 0.3 is 0 Å². The van der Waals surface area contributed by atoms with Crippen LogP contribution in [0.1, 0.15) is 12.0 Å². The third-order valence-electron chi connectivity index (χ3n) is 3.42. The molecule has 2 rings (SSSR count). The van der Waals surface area contributed by atoms with Crippen molar-refractivity contribution in [2.75, 3.05) is 49.4 Å². The number of benzene rings is 1. The number of carbonyl (C=O) groups is 1. The highest BCUT2D eigenvalue weighted by Crippen LogP contribution is 2.33. The molecule has 0 saturated heterocycles. The highest BCUT2D eigenvalue weighted by Gasteiger charge is 2.18. The van der Waals surface area contributed by atoms with Crippen molar-refractivity contribution in [2.24, 2.45) is 0 Å². The molecular weight excluding hydrogens is 258 g/mol. The van der Waals surface area contributed by atoms with Gasteiger partial charge in [0.05, 0.1) is 24.6 Å². The number of hydrogen-bond donors (Lipinski definition) is 3. The zero-order chi connectivity index (χ0) is 14.5. The van der Waals surface area contributed by atoms with Gasteiger partial charge in [0, 0.05) is 32.3 Å². The average Bonchev–Trinajstić information content (AvgIpc) is 2.43. The maximum Gasteiger partial charge on any atom is 0.224 e. The number of ether oxygens (including phenoxy) is 1. The van der Waals surface area contributed by atoms with Crippen LogP contribution in [0.2, 0.25) is 0 Å². The molecule has 0 bridgehead atoms. The van der Waals surface area contributed by atoms with Gasteiger partial charge in [0.2, 0.25) is 5.91 Å². The highest BCUT2D eigenvalue weighted by atomic mass is 16.5. The predicted molar refractivity (Wildman–Crippen MR) is 79.0 cm³/mol. The minimum Gasteiger partial charge on any atom is -0.397 e. The monoisotopic (exact) mass is 279 g/mol. The minimum absolute atomic E-state index is 0.0267. The summed E-state index contributed by atoms with van der Waals surface area (Å²) in [6.45, 7) is 1.68. The quantitative estimate of drug-likeness (QED) is 0.664. The molecule has 0 radical (unpaired) electrons. The van der Waals surface area contributed by atoms with Crippen molar-refractivity contribution in [2.45, 2.75) is 12.8 Å². The number of anilines is 3. The van der Waals surface area contributed by atoms with Gasteiger partial charge in [0.25, 0.3) is 0 Å². The molecule has 0 fully saturated rings. The second-order valence-electron chi connectivity index (χ2n) is 4.82. The van der Waals surface area contributed by atoms with Gasteiger partial charge in [-0.1, -0.05) is 0 Å². The summed E-state index contributed by atoms with van der Waals surface area (Å²) in [6.07, 6.45) is 1.21. The van der Waals surface area contributed by atoms with Gasteiger partial charge in [-0.2, -0.15) is 0 Å². The summed E-state index contributed by atoms with van der Waals surface area (Å²) in [6, 6.07) is 3.79. The van der Waals surface area contributed by atoms with E-state index in [0.717, 1.165) is 16.9 Å². The third kappa shape index (κ3) is 3.20. The summed E-state index contributed by atoms with van der Waals surface area (Å²) in [5.74, 6) is 0.0267. The lowest BCUT2D eigenvalue weighted by atomic mass is 10.0. The number of carbonyl (C=O) groups excluding carboxylic acids is 1. The fourth-order valence-electron chi connectivity index (χ4n) is 2.39. The molecule has 1 aromatic carbocycles. The first-order valence-corrected chi connectivity index (χ1v) is 6.72. The molecule has 1 aliphatic heterocycles. The second-order valence-corrected chi connectivity index (χ2v) is 4.82. The summed E-state index contributed by atoms with van der Waals surface area (Å²) < 4.78 is 5.08. The molecule has 0 aliphatic carbocycles. The summed E-state index contributed by atoms with van der Waals surface area (Å²) in [5.41, 5.74) is 9.45. The largest absolute Gasteiger partial charge is 0.397 e. The summed E-state index contributed by atoms with van der Waals surface area (Å²) >= 11 is 0. The zero-order valence-electron chi connectivity index (χ0n) is 11.7. The van der Waals surface area contributed by atoms with Gasteiger partial charge in [-0.05, 0) is 24.1 Å². The van der Waals surface area contributed by atoms with E-state index < -0.39 is 0 Å². The first-order valence-electron chi connectivity index (χ1n) is 6.72. The van der Waals surface area contributed by atoms with Crippen LogP contribution in [-0.2, 0) is 16.0 Å². The van der Waals surface area contributed by atoms with Crippen molar-refractivity contribution in [1.82, 2.24) is 0 Å². The molecule has 20 heavy (non-hydrogen) atoms. The topological polar surface area (TPSA) is 87.8 Å². The van der Waals surface area contributed by atoms with Gasteiger partial charge < -0.3 is 25.8 Å². The number of rotatable bonds is 6. The van der Waals surface area contributed by atoms with Crippen molar-refractivity contribution in [3.8, 4) is 0 Å². The van der Waals surface area contributed by atoms with Crippen molar-refractivity contribution in [3.05, 3.63) is 17.7 Å². The van der Waals surface area contributed by atoms with Crippen LogP contribution in [0.25, 0.3) is 0 Å². The number of nitrogen functional groups attached to an aromatic ring is 1. The number of nitrogens with one attached hydrogen (secondary N) is 1. The van der Waals surface area contributed by atoms with Crippen LogP contribution < -0.4 is 16.0 Å². The average molecular weight is 279 g/mol. The number of aliphatic hydroxyl groups is 1. The van der Waals surface area contributed by atoms with Crippen molar-refractivity contribution in [1.29, 1.82) is 0 Å². The molecule has 1 heterocycles. The number of aliphatic hydroxyl groups excluding tert-OH is 1. The summed E-state index contributed by atoms with van der Waals surface area (Å²) in [5, 5.41) is 12.0. The van der Waals surface area contributed by atoms with Gasteiger partial charge in [-0.15, -0.1) is 0 Å². The summed E-state index contributed by atoms with van der Waals surface area (Å²) in [4.78, 5) is 13.4. The molecule has 0 aromatic heterocycles. The molecular formula is C14H21N3O3. The van der Waals surface area contributed by atoms with E-state index in [2.05, 4.69) is 5.32 Å². The molecule has 1 amide bonds. The van der Waals surface area contributed by atoms with Crippen LogP contribution in [0.5, 0.6) is 0 Å².